The molecule has 2 saturated heterocycles. The van der Waals surface area contributed by atoms with Crippen LogP contribution in [0.3, 0.4) is 0 Å². The van der Waals surface area contributed by atoms with Crippen LogP contribution in [0.1, 0.15) is 36.0 Å². The number of nitrogens with zero attached hydrogens (tertiary/aromatic N) is 3. The summed E-state index contributed by atoms with van der Waals surface area (Å²) in [5.41, 5.74) is 0.802. The van der Waals surface area contributed by atoms with Crippen molar-refractivity contribution in [2.24, 2.45) is 0 Å². The summed E-state index contributed by atoms with van der Waals surface area (Å²) in [6, 6.07) is 6.81. The summed E-state index contributed by atoms with van der Waals surface area (Å²) in [7, 11) is 0. The predicted octanol–water partition coefficient (Wildman–Crippen LogP) is 1.22. The smallest absolute Gasteiger partial charge is 0.267 e. The van der Waals surface area contributed by atoms with Crippen LogP contribution in [0.5, 0.6) is 0 Å². The molecule has 2 N–H and O–H groups in total. The van der Waals surface area contributed by atoms with E-state index < -0.39 is 0 Å². The molecule has 0 aromatic carbocycles. The van der Waals surface area contributed by atoms with Crippen LogP contribution in [0.4, 0.5) is 0 Å². The number of rotatable bonds is 5. The number of ether oxygens (including phenoxy) is 2. The lowest BCUT2D eigenvalue weighted by Gasteiger charge is -2.18. The van der Waals surface area contributed by atoms with Gasteiger partial charge in [-0.05, 0) is 43.9 Å². The van der Waals surface area contributed by atoms with E-state index in [1.165, 1.54) is 10.5 Å². The van der Waals surface area contributed by atoms with E-state index in [0.29, 0.717) is 43.0 Å². The van der Waals surface area contributed by atoms with Crippen LogP contribution >= 0.6 is 0 Å². The zero-order valence-electron chi connectivity index (χ0n) is 17.2. The van der Waals surface area contributed by atoms with E-state index in [-0.39, 0.29) is 34.7 Å². The minimum atomic E-state index is -0.388. The van der Waals surface area contributed by atoms with Crippen molar-refractivity contribution in [3.05, 3.63) is 51.9 Å². The van der Waals surface area contributed by atoms with Gasteiger partial charge in [0.1, 0.15) is 16.8 Å². The van der Waals surface area contributed by atoms with Crippen molar-refractivity contribution in [3.8, 4) is 0 Å². The van der Waals surface area contributed by atoms with Crippen LogP contribution in [0, 0.1) is 5.41 Å². The van der Waals surface area contributed by atoms with Gasteiger partial charge >= 0.3 is 0 Å². The van der Waals surface area contributed by atoms with E-state index in [0.717, 1.165) is 25.7 Å². The number of fused-ring (bicyclic) bond motifs is 2. The SMILES string of the molecule is N=c1c(C(=O)NC[C@@H]2CCCO2)cc2c(=O)n3ccccc3nc2n1C[C@@H]1CCCO1. The van der Waals surface area contributed by atoms with Gasteiger partial charge in [0.25, 0.3) is 11.5 Å². The largest absolute Gasteiger partial charge is 0.376 e. The van der Waals surface area contributed by atoms with Crippen LogP contribution in [0.2, 0.25) is 0 Å². The third-order valence-corrected chi connectivity index (χ3v) is 5.99. The molecule has 9 heteroatoms. The molecule has 0 radical (unpaired) electrons. The normalized spacial score (nSPS) is 21.2. The van der Waals surface area contributed by atoms with Crippen LogP contribution in [0.15, 0.2) is 35.3 Å². The average Bonchev–Trinajstić information content (AvgIpc) is 3.48. The van der Waals surface area contributed by atoms with E-state index in [4.69, 9.17) is 14.9 Å². The van der Waals surface area contributed by atoms with Gasteiger partial charge in [-0.2, -0.15) is 0 Å². The lowest BCUT2D eigenvalue weighted by molar-refractivity contribution is 0.0851. The molecule has 2 atom stereocenters. The second kappa shape index (κ2) is 8.24. The van der Waals surface area contributed by atoms with E-state index in [9.17, 15) is 9.59 Å². The highest BCUT2D eigenvalue weighted by molar-refractivity contribution is 5.96. The van der Waals surface area contributed by atoms with Gasteiger partial charge in [-0.3, -0.25) is 19.4 Å². The van der Waals surface area contributed by atoms with Crippen molar-refractivity contribution in [2.45, 2.75) is 44.4 Å². The van der Waals surface area contributed by atoms with Crippen molar-refractivity contribution in [1.29, 1.82) is 5.41 Å². The lowest BCUT2D eigenvalue weighted by Crippen LogP contribution is -2.38. The molecule has 2 aliphatic heterocycles. The first-order valence-corrected chi connectivity index (χ1v) is 10.7. The van der Waals surface area contributed by atoms with Gasteiger partial charge in [-0.15, -0.1) is 0 Å². The van der Waals surface area contributed by atoms with Crippen molar-refractivity contribution < 1.29 is 14.3 Å². The molecule has 0 aliphatic carbocycles. The Hall–Kier alpha value is -3.04. The number of hydrogen-bond donors (Lipinski definition) is 2. The molecule has 5 heterocycles. The van der Waals surface area contributed by atoms with Gasteiger partial charge in [0, 0.05) is 26.0 Å². The third-order valence-electron chi connectivity index (χ3n) is 5.99. The number of hydrogen-bond acceptors (Lipinski definition) is 6. The molecule has 0 bridgehead atoms. The van der Waals surface area contributed by atoms with Crippen LogP contribution < -0.4 is 16.4 Å². The summed E-state index contributed by atoms with van der Waals surface area (Å²) in [5.74, 6) is -0.388. The number of aromatic nitrogens is 3. The van der Waals surface area contributed by atoms with Crippen molar-refractivity contribution in [2.75, 3.05) is 19.8 Å². The van der Waals surface area contributed by atoms with Crippen molar-refractivity contribution in [1.82, 2.24) is 19.3 Å². The van der Waals surface area contributed by atoms with Gasteiger partial charge in [-0.25, -0.2) is 4.98 Å². The predicted molar refractivity (Wildman–Crippen MR) is 113 cm³/mol. The molecule has 0 saturated carbocycles. The molecule has 5 rings (SSSR count). The zero-order chi connectivity index (χ0) is 21.4. The number of nitrogens with one attached hydrogen (secondary N) is 2. The molecular formula is C22H25N5O4. The first kappa shape index (κ1) is 19.9. The van der Waals surface area contributed by atoms with Gasteiger partial charge in [0.05, 0.1) is 29.7 Å². The quantitative estimate of drug-likeness (QED) is 0.600. The number of pyridine rings is 2. The summed E-state index contributed by atoms with van der Waals surface area (Å²) >= 11 is 0. The summed E-state index contributed by atoms with van der Waals surface area (Å²) in [4.78, 5) is 30.8. The number of amides is 1. The van der Waals surface area contributed by atoms with Crippen LogP contribution in [0.25, 0.3) is 16.7 Å². The topological polar surface area (TPSA) is 111 Å². The molecular weight excluding hydrogens is 398 g/mol. The standard InChI is InChI=1S/C22H25N5O4/c23-19-16(21(28)24-12-14-5-3-9-30-14)11-17-20(27(19)13-15-6-4-10-31-15)25-18-7-1-2-8-26(18)22(17)29/h1-2,7-8,11,14-15,23H,3-6,9-10,12-13H2,(H,24,28)/t14-,15-/m0/s1. The maximum Gasteiger partial charge on any atom is 0.267 e. The Morgan fingerprint density at radius 1 is 1.19 bits per heavy atom. The van der Waals surface area contributed by atoms with Gasteiger partial charge in [0.15, 0.2) is 0 Å². The average molecular weight is 423 g/mol. The Balaban J connectivity index is 1.62. The van der Waals surface area contributed by atoms with Crippen LogP contribution in [-0.4, -0.2) is 51.8 Å². The Labute approximate surface area is 178 Å². The molecule has 1 amide bonds. The molecule has 9 nitrogen and oxygen atoms in total. The zero-order valence-corrected chi connectivity index (χ0v) is 17.2. The maximum atomic E-state index is 13.2. The molecule has 2 aliphatic rings. The molecule has 0 unspecified atom stereocenters. The molecule has 162 valence electrons. The fourth-order valence-corrected chi connectivity index (χ4v) is 4.34. The molecule has 2 fully saturated rings. The second-order valence-corrected chi connectivity index (χ2v) is 8.08. The van der Waals surface area contributed by atoms with Crippen LogP contribution in [-0.2, 0) is 16.0 Å². The number of carbonyl (C=O) groups excluding carboxylic acids is 1. The maximum absolute atomic E-state index is 13.2. The Morgan fingerprint density at radius 2 is 1.97 bits per heavy atom. The summed E-state index contributed by atoms with van der Waals surface area (Å²) in [6.07, 6.45) is 5.29. The fourth-order valence-electron chi connectivity index (χ4n) is 4.34. The Bertz CT molecular complexity index is 1250. The highest BCUT2D eigenvalue weighted by atomic mass is 16.5. The van der Waals surface area contributed by atoms with E-state index in [1.54, 1.807) is 22.9 Å². The fraction of sp³-hybridized carbons (Fsp3) is 0.455. The minimum Gasteiger partial charge on any atom is -0.376 e. The lowest BCUT2D eigenvalue weighted by atomic mass is 10.1. The monoisotopic (exact) mass is 423 g/mol. The highest BCUT2D eigenvalue weighted by Gasteiger charge is 2.23. The van der Waals surface area contributed by atoms with Gasteiger partial charge in [-0.1, -0.05) is 6.07 Å². The van der Waals surface area contributed by atoms with Gasteiger partial charge < -0.3 is 19.4 Å². The minimum absolute atomic E-state index is 0.00571. The highest BCUT2D eigenvalue weighted by Crippen LogP contribution is 2.17. The molecule has 3 aromatic heterocycles. The molecule has 3 aromatic rings. The first-order valence-electron chi connectivity index (χ1n) is 10.7. The molecule has 0 spiro atoms. The third kappa shape index (κ3) is 3.75. The van der Waals surface area contributed by atoms with E-state index in [2.05, 4.69) is 10.3 Å². The summed E-state index contributed by atoms with van der Waals surface area (Å²) in [6.45, 7) is 2.14. The van der Waals surface area contributed by atoms with Gasteiger partial charge in [0.2, 0.25) is 0 Å². The number of carbonyl (C=O) groups is 1. The van der Waals surface area contributed by atoms with Crippen molar-refractivity contribution >= 4 is 22.6 Å². The Morgan fingerprint density at radius 3 is 2.71 bits per heavy atom. The second-order valence-electron chi connectivity index (χ2n) is 8.08. The van der Waals surface area contributed by atoms with E-state index >= 15 is 0 Å². The Kier molecular flexibility index (Phi) is 5.29. The summed E-state index contributed by atoms with van der Waals surface area (Å²) in [5, 5.41) is 11.9. The molecule has 31 heavy (non-hydrogen) atoms. The van der Waals surface area contributed by atoms with Crippen molar-refractivity contribution in [3.63, 3.8) is 0 Å². The first-order chi connectivity index (χ1) is 15.1. The summed E-state index contributed by atoms with van der Waals surface area (Å²) < 4.78 is 14.4. The van der Waals surface area contributed by atoms with E-state index in [1.807, 2.05) is 6.07 Å².